The van der Waals surface area contributed by atoms with E-state index in [9.17, 15) is 14.0 Å². The number of anilines is 1. The van der Waals surface area contributed by atoms with E-state index in [1.54, 1.807) is 24.3 Å². The summed E-state index contributed by atoms with van der Waals surface area (Å²) in [7, 11) is 1.28. The number of carbonyl (C=O) groups excluding carboxylic acids is 2. The lowest BCUT2D eigenvalue weighted by Crippen LogP contribution is -2.30. The highest BCUT2D eigenvalue weighted by Gasteiger charge is 2.19. The number of carbonyl (C=O) groups is 2. The van der Waals surface area contributed by atoms with Gasteiger partial charge in [0.1, 0.15) is 5.52 Å². The van der Waals surface area contributed by atoms with Crippen LogP contribution in [0.2, 0.25) is 0 Å². The Balaban J connectivity index is 1.77. The van der Waals surface area contributed by atoms with Crippen molar-refractivity contribution in [2.75, 3.05) is 12.4 Å². The van der Waals surface area contributed by atoms with E-state index in [2.05, 4.69) is 15.3 Å². The smallest absolute Gasteiger partial charge is 0.340 e. The van der Waals surface area contributed by atoms with Gasteiger partial charge in [0, 0.05) is 0 Å². The van der Waals surface area contributed by atoms with Gasteiger partial charge in [0.25, 0.3) is 5.91 Å². The van der Waals surface area contributed by atoms with Crippen molar-refractivity contribution in [3.63, 3.8) is 0 Å². The number of rotatable bonds is 5. The Kier molecular flexibility index (Phi) is 4.83. The third-order valence-corrected chi connectivity index (χ3v) is 3.67. The van der Waals surface area contributed by atoms with Crippen LogP contribution >= 0.6 is 0 Å². The molecule has 0 saturated heterocycles. The molecule has 134 valence electrons. The lowest BCUT2D eigenvalue weighted by molar-refractivity contribution is -0.122. The fourth-order valence-corrected chi connectivity index (χ4v) is 2.37. The Hall–Kier alpha value is -3.42. The number of methoxy groups -OCH3 is 1. The molecular formula is C18H16FN3O4. The van der Waals surface area contributed by atoms with Gasteiger partial charge in [-0.2, -0.15) is 0 Å². The molecule has 1 heterocycles. The second-order valence-electron chi connectivity index (χ2n) is 5.46. The predicted molar refractivity (Wildman–Crippen MR) is 92.6 cm³/mol. The molecule has 7 nitrogen and oxygen atoms in total. The molecule has 1 atom stereocenters. The quantitative estimate of drug-likeness (QED) is 0.685. The minimum Gasteiger partial charge on any atom is -0.478 e. The lowest BCUT2D eigenvalue weighted by Gasteiger charge is -2.14. The third-order valence-electron chi connectivity index (χ3n) is 3.67. The van der Waals surface area contributed by atoms with Crippen molar-refractivity contribution >= 4 is 28.9 Å². The highest BCUT2D eigenvalue weighted by molar-refractivity contribution is 6.03. The van der Waals surface area contributed by atoms with Gasteiger partial charge in [-0.3, -0.25) is 10.1 Å². The molecule has 0 aliphatic rings. The first-order valence-electron chi connectivity index (χ1n) is 7.78. The van der Waals surface area contributed by atoms with E-state index in [4.69, 9.17) is 9.47 Å². The van der Waals surface area contributed by atoms with E-state index in [1.165, 1.54) is 32.2 Å². The Morgan fingerprint density at radius 2 is 1.96 bits per heavy atom. The molecule has 0 saturated carbocycles. The number of ether oxygens (including phenoxy) is 2. The number of benzene rings is 2. The van der Waals surface area contributed by atoms with Gasteiger partial charge in [0.2, 0.25) is 5.95 Å². The van der Waals surface area contributed by atoms with Gasteiger partial charge >= 0.3 is 5.97 Å². The topological polar surface area (TPSA) is 93.3 Å². The number of fused-ring (bicyclic) bond motifs is 1. The van der Waals surface area contributed by atoms with E-state index in [0.717, 1.165) is 0 Å². The van der Waals surface area contributed by atoms with Crippen LogP contribution in [-0.2, 0) is 9.53 Å². The van der Waals surface area contributed by atoms with E-state index < -0.39 is 23.8 Å². The standard InChI is InChI=1S/C18H16FN3O4/c1-10(26-14-9-4-3-7-12(14)19)16(23)22-18-20-13-8-5-6-11(15(13)21-18)17(24)25-2/h3-10H,1-2H3,(H2,20,21,22,23). The first-order chi connectivity index (χ1) is 12.5. The number of hydrogen-bond donors (Lipinski definition) is 2. The number of H-pyrrole nitrogens is 1. The molecule has 2 aromatic carbocycles. The van der Waals surface area contributed by atoms with Gasteiger partial charge in [-0.25, -0.2) is 14.2 Å². The van der Waals surface area contributed by atoms with Gasteiger partial charge in [-0.05, 0) is 31.2 Å². The highest BCUT2D eigenvalue weighted by atomic mass is 19.1. The maximum Gasteiger partial charge on any atom is 0.340 e. The molecule has 0 spiro atoms. The summed E-state index contributed by atoms with van der Waals surface area (Å²) in [5, 5.41) is 2.55. The summed E-state index contributed by atoms with van der Waals surface area (Å²) in [4.78, 5) is 31.2. The molecule has 0 fully saturated rings. The molecular weight excluding hydrogens is 341 g/mol. The van der Waals surface area contributed by atoms with Crippen molar-refractivity contribution in [2.45, 2.75) is 13.0 Å². The first kappa shape index (κ1) is 17.4. The maximum atomic E-state index is 13.6. The zero-order valence-electron chi connectivity index (χ0n) is 14.1. The van der Waals surface area contributed by atoms with Crippen LogP contribution in [0, 0.1) is 5.82 Å². The Morgan fingerprint density at radius 3 is 2.69 bits per heavy atom. The molecule has 8 heteroatoms. The van der Waals surface area contributed by atoms with Gasteiger partial charge in [0.15, 0.2) is 17.7 Å². The normalized spacial score (nSPS) is 11.8. The van der Waals surface area contributed by atoms with Crippen LogP contribution in [0.25, 0.3) is 11.0 Å². The lowest BCUT2D eigenvalue weighted by atomic mass is 10.2. The summed E-state index contributed by atoms with van der Waals surface area (Å²) in [5.41, 5.74) is 1.21. The monoisotopic (exact) mass is 357 g/mol. The van der Waals surface area contributed by atoms with Crippen molar-refractivity contribution < 1.29 is 23.5 Å². The van der Waals surface area contributed by atoms with E-state index in [-0.39, 0.29) is 17.3 Å². The van der Waals surface area contributed by atoms with Crippen LogP contribution in [0.3, 0.4) is 0 Å². The molecule has 0 aliphatic heterocycles. The minimum absolute atomic E-state index is 0.0206. The SMILES string of the molecule is COC(=O)c1cccc2[nH]c(NC(=O)C(C)Oc3ccccc3F)nc12. The molecule has 3 aromatic rings. The number of para-hydroxylation sites is 2. The fraction of sp³-hybridized carbons (Fsp3) is 0.167. The Morgan fingerprint density at radius 1 is 1.19 bits per heavy atom. The molecule has 0 bridgehead atoms. The maximum absolute atomic E-state index is 13.6. The van der Waals surface area contributed by atoms with Gasteiger partial charge in [0.05, 0.1) is 18.2 Å². The number of nitrogens with zero attached hydrogens (tertiary/aromatic N) is 1. The van der Waals surface area contributed by atoms with Crippen molar-refractivity contribution in [1.82, 2.24) is 9.97 Å². The molecule has 2 N–H and O–H groups in total. The summed E-state index contributed by atoms with van der Waals surface area (Å²) < 4.78 is 23.7. The number of amides is 1. The van der Waals surface area contributed by atoms with Crippen LogP contribution in [0.4, 0.5) is 10.3 Å². The molecule has 26 heavy (non-hydrogen) atoms. The zero-order valence-corrected chi connectivity index (χ0v) is 14.1. The van der Waals surface area contributed by atoms with Gasteiger partial charge in [-0.1, -0.05) is 18.2 Å². The van der Waals surface area contributed by atoms with Crippen molar-refractivity contribution in [2.24, 2.45) is 0 Å². The summed E-state index contributed by atoms with van der Waals surface area (Å²) in [6.07, 6.45) is -0.958. The van der Waals surface area contributed by atoms with Crippen molar-refractivity contribution in [3.05, 3.63) is 53.8 Å². The van der Waals surface area contributed by atoms with Crippen LogP contribution in [-0.4, -0.2) is 35.1 Å². The van der Waals surface area contributed by atoms with Crippen LogP contribution < -0.4 is 10.1 Å². The van der Waals surface area contributed by atoms with Crippen molar-refractivity contribution in [1.29, 1.82) is 0 Å². The Labute approximate surface area is 148 Å². The summed E-state index contributed by atoms with van der Waals surface area (Å²) in [5.74, 6) is -1.49. The third kappa shape index (κ3) is 3.49. The van der Waals surface area contributed by atoms with Gasteiger partial charge < -0.3 is 14.5 Å². The summed E-state index contributed by atoms with van der Waals surface area (Å²) in [6.45, 7) is 1.49. The second kappa shape index (κ2) is 7.22. The number of aromatic nitrogens is 2. The highest BCUT2D eigenvalue weighted by Crippen LogP contribution is 2.20. The predicted octanol–water partition coefficient (Wildman–Crippen LogP) is 2.89. The van der Waals surface area contributed by atoms with Crippen LogP contribution in [0.15, 0.2) is 42.5 Å². The second-order valence-corrected chi connectivity index (χ2v) is 5.46. The summed E-state index contributed by atoms with van der Waals surface area (Å²) in [6, 6.07) is 10.8. The number of imidazole rings is 1. The molecule has 1 amide bonds. The van der Waals surface area contributed by atoms with Gasteiger partial charge in [-0.15, -0.1) is 0 Å². The molecule has 0 radical (unpaired) electrons. The van der Waals surface area contributed by atoms with Crippen molar-refractivity contribution in [3.8, 4) is 5.75 Å². The largest absolute Gasteiger partial charge is 0.478 e. The number of esters is 1. The summed E-state index contributed by atoms with van der Waals surface area (Å²) >= 11 is 0. The number of hydrogen-bond acceptors (Lipinski definition) is 5. The molecule has 1 aromatic heterocycles. The minimum atomic E-state index is -0.958. The van der Waals surface area contributed by atoms with E-state index >= 15 is 0 Å². The Bertz CT molecular complexity index is 970. The number of nitrogens with one attached hydrogen (secondary N) is 2. The molecule has 3 rings (SSSR count). The number of halogens is 1. The van der Waals surface area contributed by atoms with E-state index in [1.807, 2.05) is 0 Å². The average molecular weight is 357 g/mol. The zero-order chi connectivity index (χ0) is 18.7. The molecule has 1 unspecified atom stereocenters. The van der Waals surface area contributed by atoms with Crippen LogP contribution in [0.1, 0.15) is 17.3 Å². The van der Waals surface area contributed by atoms with Crippen LogP contribution in [0.5, 0.6) is 5.75 Å². The fourth-order valence-electron chi connectivity index (χ4n) is 2.37. The van der Waals surface area contributed by atoms with E-state index in [0.29, 0.717) is 11.0 Å². The number of aromatic amines is 1. The first-order valence-corrected chi connectivity index (χ1v) is 7.78. The average Bonchev–Trinajstić information content (AvgIpc) is 3.05. The molecule has 0 aliphatic carbocycles.